The molecule has 66 valence electrons. The molecule has 0 bridgehead atoms. The van der Waals surface area contributed by atoms with E-state index in [1.54, 1.807) is 0 Å². The Morgan fingerprint density at radius 1 is 1.55 bits per heavy atom. The van der Waals surface area contributed by atoms with Gasteiger partial charge >= 0.3 is 6.09 Å². The van der Waals surface area contributed by atoms with Crippen LogP contribution in [0.1, 0.15) is 6.92 Å². The van der Waals surface area contributed by atoms with Gasteiger partial charge in [0, 0.05) is 16.1 Å². The van der Waals surface area contributed by atoms with Gasteiger partial charge in [0.15, 0.2) is 0 Å². The second kappa shape index (κ2) is 4.98. The van der Waals surface area contributed by atoms with Gasteiger partial charge in [-0.15, -0.1) is 0 Å². The van der Waals surface area contributed by atoms with Crippen LogP contribution in [-0.4, -0.2) is 23.4 Å². The molecular formula is C6H11Br2NO2. The largest absolute Gasteiger partial charge is 0.449 e. The van der Waals surface area contributed by atoms with Crippen molar-refractivity contribution >= 4 is 38.0 Å². The molecule has 0 aromatic carbocycles. The molecule has 0 radical (unpaired) electrons. The molecule has 0 aromatic rings. The monoisotopic (exact) mass is 287 g/mol. The van der Waals surface area contributed by atoms with Crippen molar-refractivity contribution in [1.82, 2.24) is 0 Å². The SMILES string of the molecule is CC(CBr)(CBr)COC(N)=O. The summed E-state index contributed by atoms with van der Waals surface area (Å²) in [5.74, 6) is 0. The first kappa shape index (κ1) is 11.2. The molecule has 0 heterocycles. The molecule has 0 aliphatic carbocycles. The molecule has 0 aromatic heterocycles. The van der Waals surface area contributed by atoms with Gasteiger partial charge in [0.1, 0.15) is 6.61 Å². The summed E-state index contributed by atoms with van der Waals surface area (Å²) < 4.78 is 4.67. The number of hydrogen-bond acceptors (Lipinski definition) is 2. The third kappa shape index (κ3) is 4.63. The Hall–Kier alpha value is 0.230. The quantitative estimate of drug-likeness (QED) is 0.803. The summed E-state index contributed by atoms with van der Waals surface area (Å²) in [6.07, 6.45) is -0.724. The second-order valence-corrected chi connectivity index (χ2v) is 3.81. The van der Waals surface area contributed by atoms with Gasteiger partial charge in [0.2, 0.25) is 0 Å². The number of ether oxygens (including phenoxy) is 1. The minimum atomic E-state index is -0.724. The van der Waals surface area contributed by atoms with E-state index >= 15 is 0 Å². The average molecular weight is 289 g/mol. The van der Waals surface area contributed by atoms with Crippen LogP contribution in [0.5, 0.6) is 0 Å². The molecule has 0 aliphatic heterocycles. The van der Waals surface area contributed by atoms with E-state index in [1.807, 2.05) is 6.92 Å². The summed E-state index contributed by atoms with van der Waals surface area (Å²) in [5, 5.41) is 1.52. The van der Waals surface area contributed by atoms with E-state index in [0.717, 1.165) is 10.7 Å². The van der Waals surface area contributed by atoms with Gasteiger partial charge in [-0.2, -0.15) is 0 Å². The fourth-order valence-corrected chi connectivity index (χ4v) is 1.61. The van der Waals surface area contributed by atoms with Crippen LogP contribution in [0.25, 0.3) is 0 Å². The number of alkyl halides is 2. The summed E-state index contributed by atoms with van der Waals surface area (Å²) in [4.78, 5) is 10.2. The minimum absolute atomic E-state index is 0.0744. The molecule has 0 unspecified atom stereocenters. The lowest BCUT2D eigenvalue weighted by Crippen LogP contribution is -2.30. The van der Waals surface area contributed by atoms with Crippen LogP contribution >= 0.6 is 31.9 Å². The number of halogens is 2. The zero-order valence-electron chi connectivity index (χ0n) is 6.27. The highest BCUT2D eigenvalue weighted by Gasteiger charge is 2.23. The Morgan fingerprint density at radius 2 is 2.00 bits per heavy atom. The molecule has 0 rings (SSSR count). The molecule has 11 heavy (non-hydrogen) atoms. The molecule has 3 nitrogen and oxygen atoms in total. The number of rotatable bonds is 4. The summed E-state index contributed by atoms with van der Waals surface area (Å²) in [6.45, 7) is 2.32. The van der Waals surface area contributed by atoms with E-state index in [1.165, 1.54) is 0 Å². The van der Waals surface area contributed by atoms with Crippen molar-refractivity contribution in [3.63, 3.8) is 0 Å². The molecule has 0 atom stereocenters. The Labute approximate surface area is 82.9 Å². The summed E-state index contributed by atoms with van der Waals surface area (Å²) in [6, 6.07) is 0. The first-order valence-electron chi connectivity index (χ1n) is 3.08. The highest BCUT2D eigenvalue weighted by atomic mass is 79.9. The van der Waals surface area contributed by atoms with Crippen molar-refractivity contribution in [2.75, 3.05) is 17.3 Å². The van der Waals surface area contributed by atoms with Crippen molar-refractivity contribution in [1.29, 1.82) is 0 Å². The Bertz CT molecular complexity index is 137. The first-order valence-corrected chi connectivity index (χ1v) is 5.32. The minimum Gasteiger partial charge on any atom is -0.449 e. The first-order chi connectivity index (χ1) is 5.04. The topological polar surface area (TPSA) is 52.3 Å². The molecule has 5 heteroatoms. The smallest absolute Gasteiger partial charge is 0.404 e. The van der Waals surface area contributed by atoms with E-state index in [2.05, 4.69) is 36.6 Å². The maximum Gasteiger partial charge on any atom is 0.404 e. The van der Waals surface area contributed by atoms with E-state index in [4.69, 9.17) is 5.73 Å². The molecular weight excluding hydrogens is 278 g/mol. The Morgan fingerprint density at radius 3 is 2.27 bits per heavy atom. The Balaban J connectivity index is 3.78. The van der Waals surface area contributed by atoms with Crippen molar-refractivity contribution in [3.05, 3.63) is 0 Å². The lowest BCUT2D eigenvalue weighted by atomic mass is 9.98. The van der Waals surface area contributed by atoms with Gasteiger partial charge in [-0.1, -0.05) is 38.8 Å². The van der Waals surface area contributed by atoms with Gasteiger partial charge in [0.05, 0.1) is 0 Å². The highest BCUT2D eigenvalue weighted by molar-refractivity contribution is 9.09. The number of primary amides is 1. The van der Waals surface area contributed by atoms with E-state index in [0.29, 0.717) is 6.61 Å². The van der Waals surface area contributed by atoms with Crippen LogP contribution in [0.15, 0.2) is 0 Å². The number of carbonyl (C=O) groups excluding carboxylic acids is 1. The van der Waals surface area contributed by atoms with Crippen LogP contribution in [0.4, 0.5) is 4.79 Å². The fourth-order valence-electron chi connectivity index (χ4n) is 0.358. The maximum atomic E-state index is 10.2. The summed E-state index contributed by atoms with van der Waals surface area (Å²) in [7, 11) is 0. The van der Waals surface area contributed by atoms with Crippen molar-refractivity contribution in [2.24, 2.45) is 11.1 Å². The van der Waals surface area contributed by atoms with Gasteiger partial charge in [0.25, 0.3) is 0 Å². The molecule has 2 N–H and O–H groups in total. The molecule has 0 fully saturated rings. The van der Waals surface area contributed by atoms with Gasteiger partial charge in [-0.3, -0.25) is 0 Å². The van der Waals surface area contributed by atoms with Gasteiger partial charge in [-0.05, 0) is 0 Å². The zero-order chi connectivity index (χ0) is 8.91. The number of hydrogen-bond donors (Lipinski definition) is 1. The highest BCUT2D eigenvalue weighted by Crippen LogP contribution is 2.22. The molecule has 0 saturated heterocycles. The average Bonchev–Trinajstić information content (AvgIpc) is 2.00. The lowest BCUT2D eigenvalue weighted by molar-refractivity contribution is 0.119. The van der Waals surface area contributed by atoms with Crippen molar-refractivity contribution in [2.45, 2.75) is 6.92 Å². The predicted molar refractivity (Wildman–Crippen MR) is 51.2 cm³/mol. The summed E-state index contributed by atoms with van der Waals surface area (Å²) >= 11 is 6.64. The molecule has 0 saturated carbocycles. The maximum absolute atomic E-state index is 10.2. The molecule has 1 amide bonds. The second-order valence-electron chi connectivity index (χ2n) is 2.69. The number of nitrogens with two attached hydrogens (primary N) is 1. The standard InChI is InChI=1S/C6H11Br2NO2/c1-6(2-7,3-8)4-11-5(9)10/h2-4H2,1H3,(H2,9,10). The molecule has 0 spiro atoms. The third-order valence-electron chi connectivity index (χ3n) is 1.21. The van der Waals surface area contributed by atoms with Crippen LogP contribution in [-0.2, 0) is 4.74 Å². The van der Waals surface area contributed by atoms with E-state index in [9.17, 15) is 4.79 Å². The lowest BCUT2D eigenvalue weighted by Gasteiger charge is -2.23. The number of amides is 1. The fraction of sp³-hybridized carbons (Fsp3) is 0.833. The predicted octanol–water partition coefficient (Wildman–Crippen LogP) is 1.88. The Kier molecular flexibility index (Phi) is 5.08. The van der Waals surface area contributed by atoms with Crippen LogP contribution in [0.2, 0.25) is 0 Å². The third-order valence-corrected chi connectivity index (χ3v) is 3.92. The van der Waals surface area contributed by atoms with Gasteiger partial charge in [-0.25, -0.2) is 4.79 Å². The van der Waals surface area contributed by atoms with Crippen LogP contribution < -0.4 is 5.73 Å². The zero-order valence-corrected chi connectivity index (χ0v) is 9.44. The van der Waals surface area contributed by atoms with Crippen LogP contribution in [0.3, 0.4) is 0 Å². The van der Waals surface area contributed by atoms with E-state index in [-0.39, 0.29) is 5.41 Å². The van der Waals surface area contributed by atoms with Crippen molar-refractivity contribution in [3.8, 4) is 0 Å². The van der Waals surface area contributed by atoms with Gasteiger partial charge < -0.3 is 10.5 Å². The van der Waals surface area contributed by atoms with Crippen LogP contribution in [0, 0.1) is 5.41 Å². The number of carbonyl (C=O) groups is 1. The van der Waals surface area contributed by atoms with Crippen molar-refractivity contribution < 1.29 is 9.53 Å². The molecule has 0 aliphatic rings. The normalized spacial score (nSPS) is 11.2. The summed E-state index contributed by atoms with van der Waals surface area (Å²) in [5.41, 5.74) is 4.74. The van der Waals surface area contributed by atoms with E-state index < -0.39 is 6.09 Å².